The Morgan fingerprint density at radius 2 is 1.83 bits per heavy atom. The molecule has 1 N–H and O–H groups in total. The molecule has 1 aromatic heterocycles. The number of aromatic amines is 1. The van der Waals surface area contributed by atoms with Gasteiger partial charge in [0.05, 0.1) is 7.11 Å². The number of fused-ring (bicyclic) bond motifs is 1. The molecule has 24 heavy (non-hydrogen) atoms. The molecule has 3 rings (SSSR count). The second kappa shape index (κ2) is 6.40. The summed E-state index contributed by atoms with van der Waals surface area (Å²) in [6.45, 7) is 4.68. The van der Waals surface area contributed by atoms with Gasteiger partial charge in [-0.15, -0.1) is 0 Å². The average molecular weight is 322 g/mol. The van der Waals surface area contributed by atoms with Gasteiger partial charge in [0.1, 0.15) is 5.75 Å². The van der Waals surface area contributed by atoms with E-state index in [1.165, 1.54) is 5.56 Å². The molecule has 0 fully saturated rings. The van der Waals surface area contributed by atoms with Crippen LogP contribution in [0.15, 0.2) is 42.5 Å². The van der Waals surface area contributed by atoms with Crippen molar-refractivity contribution >= 4 is 16.8 Å². The number of amides is 1. The number of rotatable bonds is 4. The number of nitrogens with one attached hydrogen (secondary N) is 1. The fraction of sp³-hybridized carbons (Fsp3) is 0.250. The fourth-order valence-electron chi connectivity index (χ4n) is 2.89. The summed E-state index contributed by atoms with van der Waals surface area (Å²) in [5.74, 6) is 0.836. The lowest BCUT2D eigenvalue weighted by Gasteiger charge is -2.17. The van der Waals surface area contributed by atoms with Gasteiger partial charge in [-0.2, -0.15) is 0 Å². The summed E-state index contributed by atoms with van der Waals surface area (Å²) in [5, 5.41) is 1.11. The standard InChI is InChI=1S/C20H22N2O2/c1-13-14(2)21-19-10-7-16(11-18(13)19)20(23)22(3)12-15-5-8-17(24-4)9-6-15/h5-11,21H,12H2,1-4H3. The summed E-state index contributed by atoms with van der Waals surface area (Å²) >= 11 is 0. The zero-order valence-electron chi connectivity index (χ0n) is 14.5. The number of benzene rings is 2. The number of nitrogens with zero attached hydrogens (tertiary/aromatic N) is 1. The SMILES string of the molecule is COc1ccc(CN(C)C(=O)c2ccc3[nH]c(C)c(C)c3c2)cc1. The van der Waals surface area contributed by atoms with Crippen molar-refractivity contribution in [3.8, 4) is 5.75 Å². The second-order valence-corrected chi connectivity index (χ2v) is 6.14. The zero-order valence-corrected chi connectivity index (χ0v) is 14.5. The van der Waals surface area contributed by atoms with Crippen LogP contribution in [0.2, 0.25) is 0 Å². The van der Waals surface area contributed by atoms with E-state index < -0.39 is 0 Å². The van der Waals surface area contributed by atoms with Crippen LogP contribution in [-0.2, 0) is 6.54 Å². The minimum absolute atomic E-state index is 0.0194. The highest BCUT2D eigenvalue weighted by molar-refractivity contribution is 5.98. The van der Waals surface area contributed by atoms with Crippen molar-refractivity contribution in [3.05, 3.63) is 64.8 Å². The Kier molecular flexibility index (Phi) is 4.30. The lowest BCUT2D eigenvalue weighted by molar-refractivity contribution is 0.0785. The molecule has 0 bridgehead atoms. The molecular weight excluding hydrogens is 300 g/mol. The van der Waals surface area contributed by atoms with Crippen LogP contribution in [0.5, 0.6) is 5.75 Å². The molecule has 2 aromatic carbocycles. The van der Waals surface area contributed by atoms with Gasteiger partial charge in [0.2, 0.25) is 0 Å². The van der Waals surface area contributed by atoms with Gasteiger partial charge in [-0.1, -0.05) is 12.1 Å². The van der Waals surface area contributed by atoms with Crippen molar-refractivity contribution in [1.29, 1.82) is 0 Å². The predicted octanol–water partition coefficient (Wildman–Crippen LogP) is 4.07. The van der Waals surface area contributed by atoms with Crippen LogP contribution in [-0.4, -0.2) is 29.9 Å². The van der Waals surface area contributed by atoms with Gasteiger partial charge in [0.25, 0.3) is 5.91 Å². The van der Waals surface area contributed by atoms with Gasteiger partial charge in [-0.3, -0.25) is 4.79 Å². The Balaban J connectivity index is 1.80. The molecule has 0 radical (unpaired) electrons. The van der Waals surface area contributed by atoms with Crippen molar-refractivity contribution in [3.63, 3.8) is 0 Å². The van der Waals surface area contributed by atoms with Gasteiger partial charge in [0, 0.05) is 35.8 Å². The number of hydrogen-bond acceptors (Lipinski definition) is 2. The third-order valence-corrected chi connectivity index (χ3v) is 4.48. The number of carbonyl (C=O) groups excluding carboxylic acids is 1. The molecule has 0 saturated heterocycles. The summed E-state index contributed by atoms with van der Waals surface area (Å²) in [6.07, 6.45) is 0. The maximum Gasteiger partial charge on any atom is 0.253 e. The van der Waals surface area contributed by atoms with Gasteiger partial charge in [0.15, 0.2) is 0 Å². The lowest BCUT2D eigenvalue weighted by Crippen LogP contribution is -2.26. The molecule has 0 unspecified atom stereocenters. The average Bonchev–Trinajstić information content (AvgIpc) is 2.89. The van der Waals surface area contributed by atoms with Crippen LogP contribution in [0.3, 0.4) is 0 Å². The molecular formula is C20H22N2O2. The van der Waals surface area contributed by atoms with Crippen LogP contribution < -0.4 is 4.74 Å². The minimum atomic E-state index is 0.0194. The van der Waals surface area contributed by atoms with Crippen LogP contribution >= 0.6 is 0 Å². The van der Waals surface area contributed by atoms with E-state index in [2.05, 4.69) is 11.9 Å². The molecule has 124 valence electrons. The van der Waals surface area contributed by atoms with Crippen molar-refractivity contribution in [2.45, 2.75) is 20.4 Å². The normalized spacial score (nSPS) is 10.8. The number of ether oxygens (including phenoxy) is 1. The number of aromatic nitrogens is 1. The Hall–Kier alpha value is -2.75. The Bertz CT molecular complexity index is 879. The van der Waals surface area contributed by atoms with Crippen LogP contribution in [0, 0.1) is 13.8 Å². The molecule has 1 amide bonds. The molecule has 0 aliphatic carbocycles. The largest absolute Gasteiger partial charge is 0.497 e. The summed E-state index contributed by atoms with van der Waals surface area (Å²) in [4.78, 5) is 17.8. The quantitative estimate of drug-likeness (QED) is 0.787. The van der Waals surface area contributed by atoms with E-state index in [-0.39, 0.29) is 5.91 Å². The van der Waals surface area contributed by atoms with Crippen molar-refractivity contribution < 1.29 is 9.53 Å². The summed E-state index contributed by atoms with van der Waals surface area (Å²) < 4.78 is 5.16. The molecule has 4 heteroatoms. The van der Waals surface area contributed by atoms with Crippen LogP contribution in [0.25, 0.3) is 10.9 Å². The first-order valence-electron chi connectivity index (χ1n) is 7.97. The maximum absolute atomic E-state index is 12.7. The maximum atomic E-state index is 12.7. The highest BCUT2D eigenvalue weighted by atomic mass is 16.5. The number of hydrogen-bond donors (Lipinski definition) is 1. The van der Waals surface area contributed by atoms with Gasteiger partial charge >= 0.3 is 0 Å². The van der Waals surface area contributed by atoms with E-state index in [1.807, 2.05) is 56.4 Å². The first-order chi connectivity index (χ1) is 11.5. The highest BCUT2D eigenvalue weighted by Crippen LogP contribution is 2.23. The fourth-order valence-corrected chi connectivity index (χ4v) is 2.89. The second-order valence-electron chi connectivity index (χ2n) is 6.14. The monoisotopic (exact) mass is 322 g/mol. The van der Waals surface area contributed by atoms with Crippen molar-refractivity contribution in [1.82, 2.24) is 9.88 Å². The molecule has 0 aliphatic heterocycles. The highest BCUT2D eigenvalue weighted by Gasteiger charge is 2.14. The van der Waals surface area contributed by atoms with E-state index in [0.29, 0.717) is 12.1 Å². The smallest absolute Gasteiger partial charge is 0.253 e. The molecule has 0 spiro atoms. The minimum Gasteiger partial charge on any atom is -0.497 e. The lowest BCUT2D eigenvalue weighted by atomic mass is 10.1. The predicted molar refractivity (Wildman–Crippen MR) is 96.6 cm³/mol. The topological polar surface area (TPSA) is 45.3 Å². The van der Waals surface area contributed by atoms with Crippen LogP contribution in [0.4, 0.5) is 0 Å². The Morgan fingerprint density at radius 3 is 2.50 bits per heavy atom. The molecule has 1 heterocycles. The van der Waals surface area contributed by atoms with Gasteiger partial charge < -0.3 is 14.6 Å². The summed E-state index contributed by atoms with van der Waals surface area (Å²) in [6, 6.07) is 13.6. The van der Waals surface area contributed by atoms with Crippen molar-refractivity contribution in [2.75, 3.05) is 14.2 Å². The summed E-state index contributed by atoms with van der Waals surface area (Å²) in [5.41, 5.74) is 5.18. The third-order valence-electron chi connectivity index (χ3n) is 4.48. The van der Waals surface area contributed by atoms with E-state index >= 15 is 0 Å². The number of carbonyl (C=O) groups is 1. The first kappa shape index (κ1) is 16.1. The van der Waals surface area contributed by atoms with Gasteiger partial charge in [-0.25, -0.2) is 0 Å². The number of aryl methyl sites for hydroxylation is 2. The molecule has 4 nitrogen and oxygen atoms in total. The third kappa shape index (κ3) is 3.00. The molecule has 0 saturated carbocycles. The molecule has 0 aliphatic rings. The Labute approximate surface area is 142 Å². The van der Waals surface area contributed by atoms with E-state index in [1.54, 1.807) is 12.0 Å². The van der Waals surface area contributed by atoms with Crippen molar-refractivity contribution in [2.24, 2.45) is 0 Å². The number of methoxy groups -OCH3 is 1. The summed E-state index contributed by atoms with van der Waals surface area (Å²) in [7, 11) is 3.47. The Morgan fingerprint density at radius 1 is 1.12 bits per heavy atom. The van der Waals surface area contributed by atoms with Gasteiger partial charge in [-0.05, 0) is 55.3 Å². The van der Waals surface area contributed by atoms with Crippen LogP contribution in [0.1, 0.15) is 27.2 Å². The zero-order chi connectivity index (χ0) is 17.3. The molecule has 3 aromatic rings. The van der Waals surface area contributed by atoms with E-state index in [0.717, 1.165) is 27.9 Å². The first-order valence-corrected chi connectivity index (χ1v) is 7.97. The van der Waals surface area contributed by atoms with E-state index in [9.17, 15) is 4.79 Å². The van der Waals surface area contributed by atoms with E-state index in [4.69, 9.17) is 4.74 Å². The molecule has 0 atom stereocenters. The number of H-pyrrole nitrogens is 1.